The number of H-pyrrole nitrogens is 1. The van der Waals surface area contributed by atoms with E-state index in [1.807, 2.05) is 31.2 Å². The summed E-state index contributed by atoms with van der Waals surface area (Å²) in [4.78, 5) is 24.9. The number of nitrogens with zero attached hydrogens (tertiary/aromatic N) is 2. The van der Waals surface area contributed by atoms with Crippen LogP contribution in [0.3, 0.4) is 0 Å². The fourth-order valence-electron chi connectivity index (χ4n) is 1.68. The van der Waals surface area contributed by atoms with E-state index in [0.717, 1.165) is 5.56 Å². The topological polar surface area (TPSA) is 67.8 Å². The van der Waals surface area contributed by atoms with Crippen LogP contribution >= 0.6 is 15.9 Å². The number of hydrogen-bond acceptors (Lipinski definition) is 3. The second-order valence-electron chi connectivity index (χ2n) is 3.95. The quantitative estimate of drug-likeness (QED) is 0.927. The summed E-state index contributed by atoms with van der Waals surface area (Å²) < 4.78 is 1.37. The van der Waals surface area contributed by atoms with Crippen LogP contribution in [0.5, 0.6) is 0 Å². The number of benzene rings is 1. The second-order valence-corrected chi connectivity index (χ2v) is 4.70. The van der Waals surface area contributed by atoms with Gasteiger partial charge in [0.25, 0.3) is 5.56 Å². The van der Waals surface area contributed by atoms with Crippen molar-refractivity contribution in [3.63, 3.8) is 0 Å². The highest BCUT2D eigenvalue weighted by molar-refractivity contribution is 9.10. The summed E-state index contributed by atoms with van der Waals surface area (Å²) in [5, 5.41) is 3.89. The van der Waals surface area contributed by atoms with E-state index in [-0.39, 0.29) is 4.60 Å². The molecule has 2 rings (SSSR count). The first-order valence-corrected chi connectivity index (χ1v) is 6.28. The van der Waals surface area contributed by atoms with Crippen LogP contribution in [0, 0.1) is 6.92 Å². The lowest BCUT2D eigenvalue weighted by atomic mass is 10.1. The van der Waals surface area contributed by atoms with Crippen LogP contribution in [0.15, 0.2) is 38.5 Å². The Morgan fingerprint density at radius 3 is 2.78 bits per heavy atom. The highest BCUT2D eigenvalue weighted by Crippen LogP contribution is 2.08. The Morgan fingerprint density at radius 1 is 1.33 bits per heavy atom. The maximum absolute atomic E-state index is 11.5. The predicted molar refractivity (Wildman–Crippen MR) is 71.7 cm³/mol. The van der Waals surface area contributed by atoms with Crippen LogP contribution in [0.1, 0.15) is 11.1 Å². The SMILES string of the molecule is Cc1ccccc1CCn1nc(Br)c(=O)[nH]c1=O. The fraction of sp³-hybridized carbons (Fsp3) is 0.250. The molecular weight excluding hydrogens is 298 g/mol. The van der Waals surface area contributed by atoms with Crippen molar-refractivity contribution in [2.45, 2.75) is 19.9 Å². The number of aryl methyl sites for hydroxylation is 3. The summed E-state index contributed by atoms with van der Waals surface area (Å²) >= 11 is 3.01. The Kier molecular flexibility index (Phi) is 3.76. The molecule has 0 saturated heterocycles. The number of aromatic amines is 1. The van der Waals surface area contributed by atoms with Crippen LogP contribution < -0.4 is 11.2 Å². The second kappa shape index (κ2) is 5.30. The molecule has 0 fully saturated rings. The first-order valence-electron chi connectivity index (χ1n) is 5.49. The van der Waals surface area contributed by atoms with Gasteiger partial charge in [-0.05, 0) is 40.4 Å². The molecule has 94 valence electrons. The van der Waals surface area contributed by atoms with Gasteiger partial charge in [0.15, 0.2) is 4.60 Å². The van der Waals surface area contributed by atoms with Crippen LogP contribution in [-0.2, 0) is 13.0 Å². The maximum atomic E-state index is 11.5. The standard InChI is InChI=1S/C12H12BrN3O2/c1-8-4-2-3-5-9(8)6-7-16-12(18)14-11(17)10(13)15-16/h2-5H,6-7H2,1H3,(H,14,17,18). The molecular formula is C12H12BrN3O2. The zero-order valence-electron chi connectivity index (χ0n) is 9.81. The molecule has 0 amide bonds. The lowest BCUT2D eigenvalue weighted by Crippen LogP contribution is -2.33. The Hall–Kier alpha value is -1.69. The Labute approximate surface area is 112 Å². The first kappa shape index (κ1) is 12.8. The fourth-order valence-corrected chi connectivity index (χ4v) is 1.97. The average Bonchev–Trinajstić information content (AvgIpc) is 2.34. The third-order valence-corrected chi connectivity index (χ3v) is 3.22. The zero-order chi connectivity index (χ0) is 13.1. The van der Waals surface area contributed by atoms with Gasteiger partial charge in [-0.25, -0.2) is 9.48 Å². The van der Waals surface area contributed by atoms with E-state index in [1.165, 1.54) is 10.2 Å². The summed E-state index contributed by atoms with van der Waals surface area (Å²) in [6.45, 7) is 2.45. The molecule has 0 aliphatic carbocycles. The normalized spacial score (nSPS) is 10.6. The van der Waals surface area contributed by atoms with Crippen molar-refractivity contribution in [1.29, 1.82) is 0 Å². The summed E-state index contributed by atoms with van der Waals surface area (Å²) in [6.07, 6.45) is 0.693. The molecule has 1 aromatic heterocycles. The van der Waals surface area contributed by atoms with Crippen LogP contribution in [-0.4, -0.2) is 14.8 Å². The molecule has 1 aromatic carbocycles. The molecule has 0 unspecified atom stereocenters. The molecule has 18 heavy (non-hydrogen) atoms. The summed E-state index contributed by atoms with van der Waals surface area (Å²) in [7, 11) is 0. The Bertz CT molecular complexity index is 676. The van der Waals surface area contributed by atoms with E-state index >= 15 is 0 Å². The largest absolute Gasteiger partial charge is 0.344 e. The van der Waals surface area contributed by atoms with Gasteiger partial charge >= 0.3 is 5.69 Å². The number of nitrogens with one attached hydrogen (secondary N) is 1. The minimum Gasteiger partial charge on any atom is -0.270 e. The van der Waals surface area contributed by atoms with E-state index in [2.05, 4.69) is 26.0 Å². The minimum atomic E-state index is -0.507. The van der Waals surface area contributed by atoms with Crippen LogP contribution in [0.25, 0.3) is 0 Å². The van der Waals surface area contributed by atoms with Crippen molar-refractivity contribution >= 4 is 15.9 Å². The molecule has 0 radical (unpaired) electrons. The van der Waals surface area contributed by atoms with E-state index in [4.69, 9.17) is 0 Å². The molecule has 0 bridgehead atoms. The molecule has 1 heterocycles. The molecule has 1 N–H and O–H groups in total. The van der Waals surface area contributed by atoms with Gasteiger partial charge < -0.3 is 0 Å². The summed E-state index contributed by atoms with van der Waals surface area (Å²) in [6, 6.07) is 7.97. The zero-order valence-corrected chi connectivity index (χ0v) is 11.4. The van der Waals surface area contributed by atoms with Gasteiger partial charge in [0, 0.05) is 0 Å². The van der Waals surface area contributed by atoms with Gasteiger partial charge in [0.05, 0.1) is 6.54 Å². The lowest BCUT2D eigenvalue weighted by Gasteiger charge is -2.06. The van der Waals surface area contributed by atoms with Gasteiger partial charge in [-0.3, -0.25) is 9.78 Å². The highest BCUT2D eigenvalue weighted by Gasteiger charge is 2.04. The smallest absolute Gasteiger partial charge is 0.270 e. The monoisotopic (exact) mass is 309 g/mol. The summed E-state index contributed by atoms with van der Waals surface area (Å²) in [5.41, 5.74) is 1.34. The first-order chi connectivity index (χ1) is 8.58. The minimum absolute atomic E-state index is 0.117. The molecule has 0 aliphatic rings. The molecule has 0 spiro atoms. The number of hydrogen-bond donors (Lipinski definition) is 1. The third-order valence-electron chi connectivity index (χ3n) is 2.70. The van der Waals surface area contributed by atoms with Gasteiger partial charge in [-0.1, -0.05) is 24.3 Å². The predicted octanol–water partition coefficient (Wildman–Crippen LogP) is 1.25. The van der Waals surface area contributed by atoms with Crippen molar-refractivity contribution in [2.75, 3.05) is 0 Å². The van der Waals surface area contributed by atoms with Crippen LogP contribution in [0.2, 0.25) is 0 Å². The molecule has 0 aliphatic heterocycles. The maximum Gasteiger partial charge on any atom is 0.344 e. The van der Waals surface area contributed by atoms with Crippen molar-refractivity contribution in [3.05, 3.63) is 60.8 Å². The molecule has 2 aromatic rings. The van der Waals surface area contributed by atoms with Crippen molar-refractivity contribution in [1.82, 2.24) is 14.8 Å². The van der Waals surface area contributed by atoms with Gasteiger partial charge in [-0.15, -0.1) is 0 Å². The molecule has 0 saturated carbocycles. The van der Waals surface area contributed by atoms with Gasteiger partial charge in [0.2, 0.25) is 0 Å². The Balaban J connectivity index is 2.21. The van der Waals surface area contributed by atoms with Gasteiger partial charge in [-0.2, -0.15) is 5.10 Å². The van der Waals surface area contributed by atoms with E-state index < -0.39 is 11.2 Å². The van der Waals surface area contributed by atoms with E-state index in [1.54, 1.807) is 0 Å². The van der Waals surface area contributed by atoms with E-state index in [0.29, 0.717) is 13.0 Å². The molecule has 6 heteroatoms. The number of rotatable bonds is 3. The number of halogens is 1. The van der Waals surface area contributed by atoms with Crippen LogP contribution in [0.4, 0.5) is 0 Å². The van der Waals surface area contributed by atoms with Crippen molar-refractivity contribution < 1.29 is 0 Å². The average molecular weight is 310 g/mol. The molecule has 0 atom stereocenters. The highest BCUT2D eigenvalue weighted by atomic mass is 79.9. The van der Waals surface area contributed by atoms with E-state index in [9.17, 15) is 9.59 Å². The van der Waals surface area contributed by atoms with Crippen molar-refractivity contribution in [2.24, 2.45) is 0 Å². The Morgan fingerprint density at radius 2 is 2.06 bits per heavy atom. The molecule has 5 nitrogen and oxygen atoms in total. The van der Waals surface area contributed by atoms with Crippen molar-refractivity contribution in [3.8, 4) is 0 Å². The number of aromatic nitrogens is 3. The third kappa shape index (κ3) is 2.76. The lowest BCUT2D eigenvalue weighted by molar-refractivity contribution is 0.547. The summed E-state index contributed by atoms with van der Waals surface area (Å²) in [5.74, 6) is 0. The van der Waals surface area contributed by atoms with Gasteiger partial charge in [0.1, 0.15) is 0 Å².